The molecule has 3 rings (SSSR count). The Kier molecular flexibility index (Phi) is 3.30. The fourth-order valence-corrected chi connectivity index (χ4v) is 2.41. The molecule has 1 fully saturated rings. The Morgan fingerprint density at radius 1 is 1.09 bits per heavy atom. The number of rotatable bonds is 2. The Labute approximate surface area is 130 Å². The van der Waals surface area contributed by atoms with Crippen molar-refractivity contribution in [1.29, 1.82) is 0 Å². The molecule has 0 unspecified atom stereocenters. The van der Waals surface area contributed by atoms with Crippen molar-refractivity contribution in [2.24, 2.45) is 0 Å². The third-order valence-electron chi connectivity index (χ3n) is 4.50. The molecular formula is C15H21BN4O2. The van der Waals surface area contributed by atoms with Gasteiger partial charge in [-0.3, -0.25) is 0 Å². The lowest BCUT2D eigenvalue weighted by molar-refractivity contribution is 0.00578. The first-order valence-electron chi connectivity index (χ1n) is 7.34. The Morgan fingerprint density at radius 3 is 2.32 bits per heavy atom. The molecule has 6 nitrogen and oxygen atoms in total. The molecule has 2 heterocycles. The summed E-state index contributed by atoms with van der Waals surface area (Å²) in [5, 5.41) is 3.73. The molecule has 1 aliphatic rings. The predicted octanol–water partition coefficient (Wildman–Crippen LogP) is 1.55. The molecule has 0 saturated carbocycles. The Morgan fingerprint density at radius 2 is 1.73 bits per heavy atom. The molecule has 3 N–H and O–H groups in total. The second kappa shape index (κ2) is 4.82. The van der Waals surface area contributed by atoms with Gasteiger partial charge in [0.2, 0.25) is 5.95 Å². The first-order chi connectivity index (χ1) is 10.2. The summed E-state index contributed by atoms with van der Waals surface area (Å²) in [6.45, 7) is 8.14. The number of nitrogens with zero attached hydrogens (tertiary/aromatic N) is 2. The Balaban J connectivity index is 2.03. The SMILES string of the molecule is CNc1nc(N)c2ccc(B3OC(C)(C)C(C)(C)O3)cc2n1. The van der Waals surface area contributed by atoms with Gasteiger partial charge in [0, 0.05) is 12.4 Å². The third-order valence-corrected chi connectivity index (χ3v) is 4.50. The van der Waals surface area contributed by atoms with Crippen molar-refractivity contribution in [1.82, 2.24) is 9.97 Å². The lowest BCUT2D eigenvalue weighted by atomic mass is 9.79. The van der Waals surface area contributed by atoms with Crippen LogP contribution in [0.25, 0.3) is 10.9 Å². The quantitative estimate of drug-likeness (QED) is 0.819. The van der Waals surface area contributed by atoms with E-state index in [-0.39, 0.29) is 11.2 Å². The Bertz CT molecular complexity index is 717. The van der Waals surface area contributed by atoms with Crippen molar-refractivity contribution in [2.75, 3.05) is 18.1 Å². The highest BCUT2D eigenvalue weighted by Gasteiger charge is 2.51. The third kappa shape index (κ3) is 2.30. The molecule has 0 radical (unpaired) electrons. The summed E-state index contributed by atoms with van der Waals surface area (Å²) in [6, 6.07) is 5.80. The first-order valence-corrected chi connectivity index (χ1v) is 7.34. The molecule has 0 amide bonds. The molecule has 0 spiro atoms. The van der Waals surface area contributed by atoms with Gasteiger partial charge in [-0.2, -0.15) is 4.98 Å². The first kappa shape index (κ1) is 15.1. The van der Waals surface area contributed by atoms with E-state index in [1.807, 2.05) is 45.9 Å². The van der Waals surface area contributed by atoms with Gasteiger partial charge in [-0.05, 0) is 45.3 Å². The van der Waals surface area contributed by atoms with Crippen molar-refractivity contribution in [2.45, 2.75) is 38.9 Å². The monoisotopic (exact) mass is 300 g/mol. The van der Waals surface area contributed by atoms with Crippen molar-refractivity contribution >= 4 is 35.3 Å². The largest absolute Gasteiger partial charge is 0.494 e. The van der Waals surface area contributed by atoms with Crippen molar-refractivity contribution in [3.8, 4) is 0 Å². The lowest BCUT2D eigenvalue weighted by Crippen LogP contribution is -2.41. The van der Waals surface area contributed by atoms with Gasteiger partial charge in [0.25, 0.3) is 0 Å². The van der Waals surface area contributed by atoms with E-state index < -0.39 is 7.12 Å². The van der Waals surface area contributed by atoms with Crippen LogP contribution in [0.15, 0.2) is 18.2 Å². The number of hydrogen-bond acceptors (Lipinski definition) is 6. The van der Waals surface area contributed by atoms with Crippen LogP contribution in [0.2, 0.25) is 0 Å². The second-order valence-corrected chi connectivity index (χ2v) is 6.55. The van der Waals surface area contributed by atoms with Crippen LogP contribution in [-0.4, -0.2) is 35.3 Å². The zero-order valence-corrected chi connectivity index (χ0v) is 13.6. The zero-order valence-electron chi connectivity index (χ0n) is 13.6. The van der Waals surface area contributed by atoms with Crippen molar-refractivity contribution in [3.05, 3.63) is 18.2 Å². The van der Waals surface area contributed by atoms with E-state index in [1.54, 1.807) is 7.05 Å². The molecule has 7 heteroatoms. The summed E-state index contributed by atoms with van der Waals surface area (Å²) in [5.41, 5.74) is 6.92. The maximum absolute atomic E-state index is 6.07. The molecule has 1 aliphatic heterocycles. The molecule has 0 aliphatic carbocycles. The minimum Gasteiger partial charge on any atom is -0.399 e. The number of benzene rings is 1. The van der Waals surface area contributed by atoms with E-state index in [1.165, 1.54) is 0 Å². The number of aromatic nitrogens is 2. The van der Waals surface area contributed by atoms with Crippen LogP contribution >= 0.6 is 0 Å². The van der Waals surface area contributed by atoms with Gasteiger partial charge >= 0.3 is 7.12 Å². The summed E-state index contributed by atoms with van der Waals surface area (Å²) in [6.07, 6.45) is 0. The summed E-state index contributed by atoms with van der Waals surface area (Å²) in [7, 11) is 1.35. The highest BCUT2D eigenvalue weighted by atomic mass is 16.7. The van der Waals surface area contributed by atoms with Gasteiger partial charge < -0.3 is 20.4 Å². The van der Waals surface area contributed by atoms with Gasteiger partial charge in [-0.25, -0.2) is 4.98 Å². The summed E-state index contributed by atoms with van der Waals surface area (Å²) in [4.78, 5) is 8.63. The van der Waals surface area contributed by atoms with E-state index in [4.69, 9.17) is 15.0 Å². The maximum Gasteiger partial charge on any atom is 0.494 e. The molecule has 0 bridgehead atoms. The van der Waals surface area contributed by atoms with Crippen LogP contribution < -0.4 is 16.5 Å². The van der Waals surface area contributed by atoms with Gasteiger partial charge in [-0.1, -0.05) is 6.07 Å². The summed E-state index contributed by atoms with van der Waals surface area (Å²) >= 11 is 0. The van der Waals surface area contributed by atoms with E-state index in [0.717, 1.165) is 16.4 Å². The van der Waals surface area contributed by atoms with Crippen LogP contribution in [-0.2, 0) is 9.31 Å². The smallest absolute Gasteiger partial charge is 0.399 e. The summed E-state index contributed by atoms with van der Waals surface area (Å²) < 4.78 is 12.1. The van der Waals surface area contributed by atoms with Gasteiger partial charge in [0.1, 0.15) is 5.82 Å². The average Bonchev–Trinajstić information content (AvgIpc) is 2.66. The number of nitrogens with one attached hydrogen (secondary N) is 1. The van der Waals surface area contributed by atoms with Crippen LogP contribution in [0, 0.1) is 0 Å². The van der Waals surface area contributed by atoms with Crippen molar-refractivity contribution in [3.63, 3.8) is 0 Å². The minimum absolute atomic E-state index is 0.368. The number of nitrogens with two attached hydrogens (primary N) is 1. The fourth-order valence-electron chi connectivity index (χ4n) is 2.41. The molecule has 1 saturated heterocycles. The number of fused-ring (bicyclic) bond motifs is 1. The second-order valence-electron chi connectivity index (χ2n) is 6.55. The van der Waals surface area contributed by atoms with Crippen molar-refractivity contribution < 1.29 is 9.31 Å². The van der Waals surface area contributed by atoms with Gasteiger partial charge in [0.15, 0.2) is 0 Å². The fraction of sp³-hybridized carbons (Fsp3) is 0.467. The molecular weight excluding hydrogens is 279 g/mol. The van der Waals surface area contributed by atoms with E-state index in [2.05, 4.69) is 15.3 Å². The number of anilines is 2. The standard InChI is InChI=1S/C15H21BN4O2/c1-14(2)15(3,4)22-16(21-14)9-6-7-10-11(8-9)19-13(18-5)20-12(10)17/h6-8H,1-5H3,(H3,17,18,19,20). The number of hydrogen-bond donors (Lipinski definition) is 2. The molecule has 1 aromatic carbocycles. The highest BCUT2D eigenvalue weighted by molar-refractivity contribution is 6.62. The topological polar surface area (TPSA) is 82.3 Å². The van der Waals surface area contributed by atoms with E-state index in [0.29, 0.717) is 11.8 Å². The maximum atomic E-state index is 6.07. The minimum atomic E-state index is -0.413. The summed E-state index contributed by atoms with van der Waals surface area (Å²) in [5.74, 6) is 0.950. The van der Waals surface area contributed by atoms with Crippen LogP contribution in [0.5, 0.6) is 0 Å². The normalized spacial score (nSPS) is 19.6. The highest BCUT2D eigenvalue weighted by Crippen LogP contribution is 2.36. The zero-order chi connectivity index (χ0) is 16.1. The van der Waals surface area contributed by atoms with Gasteiger partial charge in [-0.15, -0.1) is 0 Å². The number of nitrogen functional groups attached to an aromatic ring is 1. The molecule has 2 aromatic rings. The molecule has 0 atom stereocenters. The van der Waals surface area contributed by atoms with Crippen LogP contribution in [0.4, 0.5) is 11.8 Å². The molecule has 22 heavy (non-hydrogen) atoms. The average molecular weight is 300 g/mol. The van der Waals surface area contributed by atoms with E-state index >= 15 is 0 Å². The Hall–Kier alpha value is -1.86. The van der Waals surface area contributed by atoms with E-state index in [9.17, 15) is 0 Å². The van der Waals surface area contributed by atoms with Crippen LogP contribution in [0.3, 0.4) is 0 Å². The van der Waals surface area contributed by atoms with Gasteiger partial charge in [0.05, 0.1) is 16.7 Å². The predicted molar refractivity (Wildman–Crippen MR) is 89.2 cm³/mol. The lowest BCUT2D eigenvalue weighted by Gasteiger charge is -2.32. The molecule has 116 valence electrons. The molecule has 1 aromatic heterocycles. The van der Waals surface area contributed by atoms with Crippen LogP contribution in [0.1, 0.15) is 27.7 Å².